The first-order valence-electron chi connectivity index (χ1n) is 38.3. The highest BCUT2D eigenvalue weighted by Gasteiger charge is 2.30. The normalized spacial score (nSPS) is 14.1. The highest BCUT2D eigenvalue weighted by Crippen LogP contribution is 2.45. The lowest BCUT2D eigenvalue weighted by atomic mass is 10.0. The largest absolute Gasteiger partial charge is 0.472 e. The van der Waals surface area contributed by atoms with Crippen molar-refractivity contribution in [1.82, 2.24) is 0 Å². The van der Waals surface area contributed by atoms with Gasteiger partial charge in [-0.2, -0.15) is 0 Å². The Kier molecular flexibility index (Phi) is 63.4. The number of unbranched alkanes of at least 4 members (excludes halogenated alkanes) is 40. The molecular formula is C74H144O17P2. The van der Waals surface area contributed by atoms with Gasteiger partial charge in [0, 0.05) is 25.7 Å². The van der Waals surface area contributed by atoms with Gasteiger partial charge < -0.3 is 33.8 Å². The molecule has 93 heavy (non-hydrogen) atoms. The number of carbonyl (C=O) groups is 4. The van der Waals surface area contributed by atoms with Gasteiger partial charge in [-0.15, -0.1) is 0 Å². The van der Waals surface area contributed by atoms with Gasteiger partial charge in [-0.3, -0.25) is 37.3 Å². The van der Waals surface area contributed by atoms with E-state index in [1.54, 1.807) is 0 Å². The van der Waals surface area contributed by atoms with Crippen LogP contribution in [-0.2, 0) is 65.4 Å². The minimum atomic E-state index is -4.95. The summed E-state index contributed by atoms with van der Waals surface area (Å²) in [6.45, 7) is 11.8. The van der Waals surface area contributed by atoms with Crippen molar-refractivity contribution in [1.29, 1.82) is 0 Å². The lowest BCUT2D eigenvalue weighted by Crippen LogP contribution is -2.30. The Hall–Kier alpha value is -1.94. The van der Waals surface area contributed by atoms with E-state index in [1.807, 2.05) is 0 Å². The average Bonchev–Trinajstić information content (AvgIpc) is 3.60. The summed E-state index contributed by atoms with van der Waals surface area (Å²) in [5.74, 6) is 0.159. The molecule has 0 aliphatic heterocycles. The fraction of sp³-hybridized carbons (Fsp3) is 0.946. The molecule has 0 bridgehead atoms. The topological polar surface area (TPSA) is 237 Å². The molecule has 0 spiro atoms. The van der Waals surface area contributed by atoms with Gasteiger partial charge in [0.1, 0.15) is 19.3 Å². The number of esters is 4. The molecule has 0 rings (SSSR count). The van der Waals surface area contributed by atoms with Gasteiger partial charge in [0.15, 0.2) is 12.2 Å². The van der Waals surface area contributed by atoms with E-state index in [0.29, 0.717) is 31.6 Å². The Labute approximate surface area is 568 Å². The quantitative estimate of drug-likeness (QED) is 0.0222. The molecule has 0 amide bonds. The fourth-order valence-electron chi connectivity index (χ4n) is 11.2. The van der Waals surface area contributed by atoms with Gasteiger partial charge in [-0.05, 0) is 43.4 Å². The molecule has 0 aromatic heterocycles. The number of aliphatic hydroxyl groups is 1. The molecule has 0 saturated heterocycles. The zero-order valence-electron chi connectivity index (χ0n) is 60.7. The Balaban J connectivity index is 5.11. The van der Waals surface area contributed by atoms with Crippen molar-refractivity contribution >= 4 is 39.5 Å². The predicted molar refractivity (Wildman–Crippen MR) is 377 cm³/mol. The minimum Gasteiger partial charge on any atom is -0.462 e. The van der Waals surface area contributed by atoms with E-state index < -0.39 is 97.5 Å². The van der Waals surface area contributed by atoms with Crippen LogP contribution in [0.3, 0.4) is 0 Å². The molecule has 0 aliphatic carbocycles. The lowest BCUT2D eigenvalue weighted by Gasteiger charge is -2.21. The Morgan fingerprint density at radius 3 is 0.731 bits per heavy atom. The van der Waals surface area contributed by atoms with Crippen LogP contribution >= 0.6 is 15.6 Å². The summed E-state index contributed by atoms with van der Waals surface area (Å²) in [5, 5.41) is 10.6. The van der Waals surface area contributed by atoms with Crippen LogP contribution in [-0.4, -0.2) is 96.7 Å². The van der Waals surface area contributed by atoms with Crippen molar-refractivity contribution < 1.29 is 80.2 Å². The molecule has 0 fully saturated rings. The molecule has 5 atom stereocenters. The van der Waals surface area contributed by atoms with E-state index in [2.05, 4.69) is 48.5 Å². The number of hydrogen-bond donors (Lipinski definition) is 3. The van der Waals surface area contributed by atoms with E-state index >= 15 is 0 Å². The molecule has 3 N–H and O–H groups in total. The Morgan fingerprint density at radius 1 is 0.290 bits per heavy atom. The number of phosphoric acid groups is 2. The molecular weight excluding hydrogens is 1220 g/mol. The molecule has 19 heteroatoms. The van der Waals surface area contributed by atoms with Gasteiger partial charge in [0.25, 0.3) is 0 Å². The maximum Gasteiger partial charge on any atom is 0.472 e. The minimum absolute atomic E-state index is 0.101. The fourth-order valence-corrected chi connectivity index (χ4v) is 12.8. The molecule has 17 nitrogen and oxygen atoms in total. The van der Waals surface area contributed by atoms with Crippen LogP contribution in [0.2, 0.25) is 0 Å². The maximum absolute atomic E-state index is 13.1. The third-order valence-corrected chi connectivity index (χ3v) is 19.0. The number of phosphoric ester groups is 2. The summed E-state index contributed by atoms with van der Waals surface area (Å²) < 4.78 is 68.1. The summed E-state index contributed by atoms with van der Waals surface area (Å²) in [5.41, 5.74) is 0. The molecule has 552 valence electrons. The van der Waals surface area contributed by atoms with Gasteiger partial charge in [0.2, 0.25) is 0 Å². The third kappa shape index (κ3) is 68.4. The van der Waals surface area contributed by atoms with Crippen molar-refractivity contribution in [3.8, 4) is 0 Å². The summed E-state index contributed by atoms with van der Waals surface area (Å²) in [6.07, 6.45) is 50.8. The summed E-state index contributed by atoms with van der Waals surface area (Å²) >= 11 is 0. The molecule has 0 aromatic rings. The van der Waals surface area contributed by atoms with E-state index in [-0.39, 0.29) is 25.7 Å². The molecule has 0 aromatic carbocycles. The van der Waals surface area contributed by atoms with Crippen LogP contribution in [0.5, 0.6) is 0 Å². The number of aliphatic hydroxyl groups excluding tert-OH is 1. The van der Waals surface area contributed by atoms with Crippen molar-refractivity contribution in [2.24, 2.45) is 17.8 Å². The lowest BCUT2D eigenvalue weighted by molar-refractivity contribution is -0.161. The summed E-state index contributed by atoms with van der Waals surface area (Å²) in [4.78, 5) is 72.3. The highest BCUT2D eigenvalue weighted by molar-refractivity contribution is 7.47. The highest BCUT2D eigenvalue weighted by atomic mass is 31.2. The zero-order chi connectivity index (χ0) is 68.7. The predicted octanol–water partition coefficient (Wildman–Crippen LogP) is 21.4. The Bertz CT molecular complexity index is 1820. The zero-order valence-corrected chi connectivity index (χ0v) is 62.5. The Morgan fingerprint density at radius 2 is 0.495 bits per heavy atom. The van der Waals surface area contributed by atoms with Crippen molar-refractivity contribution in [2.75, 3.05) is 39.6 Å². The smallest absolute Gasteiger partial charge is 0.462 e. The molecule has 2 unspecified atom stereocenters. The second kappa shape index (κ2) is 64.7. The molecule has 0 aliphatic rings. The second-order valence-corrected chi connectivity index (χ2v) is 31.0. The van der Waals surface area contributed by atoms with E-state index in [1.165, 1.54) is 180 Å². The van der Waals surface area contributed by atoms with Crippen LogP contribution in [0.15, 0.2) is 0 Å². The van der Waals surface area contributed by atoms with Gasteiger partial charge in [-0.25, -0.2) is 9.13 Å². The second-order valence-electron chi connectivity index (χ2n) is 28.1. The molecule has 0 saturated carbocycles. The number of ether oxygens (including phenoxy) is 4. The third-order valence-electron chi connectivity index (χ3n) is 17.1. The first-order chi connectivity index (χ1) is 44.7. The summed E-state index contributed by atoms with van der Waals surface area (Å²) in [6, 6.07) is 0. The molecule has 0 heterocycles. The van der Waals surface area contributed by atoms with Crippen LogP contribution < -0.4 is 0 Å². The van der Waals surface area contributed by atoms with Crippen LogP contribution in [0.1, 0.15) is 376 Å². The van der Waals surface area contributed by atoms with Crippen molar-refractivity contribution in [2.45, 2.75) is 394 Å². The number of hydrogen-bond acceptors (Lipinski definition) is 15. The first kappa shape index (κ1) is 91.1. The maximum atomic E-state index is 13.1. The van der Waals surface area contributed by atoms with E-state index in [4.69, 9.17) is 37.0 Å². The number of carbonyl (C=O) groups excluding carboxylic acids is 4. The van der Waals surface area contributed by atoms with Crippen molar-refractivity contribution in [3.05, 3.63) is 0 Å². The molecule has 0 radical (unpaired) electrons. The van der Waals surface area contributed by atoms with E-state index in [9.17, 15) is 43.2 Å². The van der Waals surface area contributed by atoms with Crippen LogP contribution in [0.4, 0.5) is 0 Å². The van der Waals surface area contributed by atoms with Crippen LogP contribution in [0.25, 0.3) is 0 Å². The SMILES string of the molecule is CCCCCCCC(=O)OC[C@H](COP(=O)(O)OC[C@H](O)COP(=O)(O)OC[C@@H](COC(=O)CCCCCCCCCCCCCCCCCC(C)C)OC(=O)CCCCCCCCCCCCCCCCCCCCC(C)C)OC(=O)CCCCCCCCC(C)C. The van der Waals surface area contributed by atoms with Crippen molar-refractivity contribution in [3.63, 3.8) is 0 Å². The van der Waals surface area contributed by atoms with Crippen LogP contribution in [0, 0.1) is 17.8 Å². The van der Waals surface area contributed by atoms with Gasteiger partial charge in [-0.1, -0.05) is 325 Å². The van der Waals surface area contributed by atoms with Gasteiger partial charge in [0.05, 0.1) is 26.4 Å². The van der Waals surface area contributed by atoms with Gasteiger partial charge >= 0.3 is 39.5 Å². The average molecular weight is 1370 g/mol. The monoisotopic (exact) mass is 1370 g/mol. The summed E-state index contributed by atoms with van der Waals surface area (Å²) in [7, 11) is -9.89. The number of rotatable bonds is 72. The van der Waals surface area contributed by atoms with E-state index in [0.717, 1.165) is 108 Å². The first-order valence-corrected chi connectivity index (χ1v) is 41.3. The standard InChI is InChI=1S/C74H144O17P2/c1-8-9-10-38-48-55-71(76)84-61-69(91-74(79)58-51-44-37-36-41-47-54-67(6)7)63-88-92(80,81)86-59-68(75)60-87-93(82,83)89-64-70(62-85-72(77)56-49-42-34-30-26-22-19-15-17-21-25-29-33-40-46-53-66(4)5)90-73(78)57-50-43-35-31-27-23-18-14-12-11-13-16-20-24-28-32-39-45-52-65(2)3/h65-70,75H,8-64H2,1-7H3,(H,80,81)(H,82,83)/t68-,69+,70+/m0/s1.